The molecular weight excluding hydrogens is 338 g/mol. The Morgan fingerprint density at radius 2 is 2.04 bits per heavy atom. The Bertz CT molecular complexity index is 906. The van der Waals surface area contributed by atoms with Crippen molar-refractivity contribution in [1.29, 1.82) is 0 Å². The Labute approximate surface area is 148 Å². The van der Waals surface area contributed by atoms with Gasteiger partial charge in [-0.15, -0.1) is 0 Å². The van der Waals surface area contributed by atoms with E-state index >= 15 is 0 Å². The number of carbonyl (C=O) groups excluding carboxylic acids is 1. The van der Waals surface area contributed by atoms with Crippen LogP contribution >= 0.6 is 11.8 Å². The number of hydrogen-bond donors (Lipinski definition) is 1. The fraction of sp³-hybridized carbons (Fsp3) is 0.111. The number of nitro groups is 1. The number of benzene rings is 2. The first kappa shape index (κ1) is 16.9. The topological polar surface area (TPSA) is 84.6 Å². The van der Waals surface area contributed by atoms with Crippen molar-refractivity contribution in [3.8, 4) is 0 Å². The number of nitrogens with one attached hydrogen (secondary N) is 1. The van der Waals surface area contributed by atoms with Gasteiger partial charge in [0, 0.05) is 12.1 Å². The molecule has 0 saturated carbocycles. The zero-order valence-electron chi connectivity index (χ0n) is 13.4. The molecule has 126 valence electrons. The lowest BCUT2D eigenvalue weighted by Gasteiger charge is -2.02. The molecule has 3 rings (SSSR count). The second kappa shape index (κ2) is 7.31. The SMILES string of the molecule is CCc1ccccc1N=C1NC(=O)C(=Cc2cccc([N+](=O)[O-])c2)S1. The Hall–Kier alpha value is -2.93. The lowest BCUT2D eigenvalue weighted by atomic mass is 10.1. The number of amides is 1. The summed E-state index contributed by atoms with van der Waals surface area (Å²) in [4.78, 5) is 27.5. The molecule has 1 saturated heterocycles. The Morgan fingerprint density at radius 1 is 1.24 bits per heavy atom. The van der Waals surface area contributed by atoms with Gasteiger partial charge in [0.1, 0.15) is 0 Å². The van der Waals surface area contributed by atoms with E-state index in [2.05, 4.69) is 10.3 Å². The van der Waals surface area contributed by atoms with E-state index in [4.69, 9.17) is 0 Å². The quantitative estimate of drug-likeness (QED) is 0.510. The minimum absolute atomic E-state index is 0.0106. The maximum absolute atomic E-state index is 12.1. The zero-order chi connectivity index (χ0) is 17.8. The number of carbonyl (C=O) groups is 1. The summed E-state index contributed by atoms with van der Waals surface area (Å²) >= 11 is 1.22. The lowest BCUT2D eigenvalue weighted by Crippen LogP contribution is -2.19. The van der Waals surface area contributed by atoms with Gasteiger partial charge in [-0.3, -0.25) is 14.9 Å². The van der Waals surface area contributed by atoms with E-state index in [1.54, 1.807) is 18.2 Å². The van der Waals surface area contributed by atoms with Crippen LogP contribution in [0.4, 0.5) is 11.4 Å². The summed E-state index contributed by atoms with van der Waals surface area (Å²) in [6, 6.07) is 13.9. The monoisotopic (exact) mass is 353 g/mol. The highest BCUT2D eigenvalue weighted by molar-refractivity contribution is 8.18. The molecule has 7 heteroatoms. The van der Waals surface area contributed by atoms with Gasteiger partial charge in [0.05, 0.1) is 15.5 Å². The summed E-state index contributed by atoms with van der Waals surface area (Å²) in [6.07, 6.45) is 2.48. The van der Waals surface area contributed by atoms with Gasteiger partial charge in [-0.1, -0.05) is 37.3 Å². The van der Waals surface area contributed by atoms with Crippen LogP contribution < -0.4 is 5.32 Å². The van der Waals surface area contributed by atoms with E-state index in [-0.39, 0.29) is 11.6 Å². The number of thioether (sulfide) groups is 1. The summed E-state index contributed by atoms with van der Waals surface area (Å²) in [5.74, 6) is -0.260. The Balaban J connectivity index is 1.86. The third-order valence-electron chi connectivity index (χ3n) is 3.62. The van der Waals surface area contributed by atoms with Crippen molar-refractivity contribution in [2.45, 2.75) is 13.3 Å². The molecular formula is C18H15N3O3S. The predicted octanol–water partition coefficient (Wildman–Crippen LogP) is 4.05. The molecule has 2 aromatic carbocycles. The first-order valence-electron chi connectivity index (χ1n) is 7.69. The number of nitrogens with zero attached hydrogens (tertiary/aromatic N) is 2. The number of amidine groups is 1. The van der Waals surface area contributed by atoms with Crippen LogP contribution in [-0.2, 0) is 11.2 Å². The average Bonchev–Trinajstić information content (AvgIpc) is 2.94. The number of rotatable bonds is 4. The summed E-state index contributed by atoms with van der Waals surface area (Å²) in [6.45, 7) is 2.05. The number of non-ortho nitro benzene ring substituents is 1. The van der Waals surface area contributed by atoms with Crippen molar-refractivity contribution >= 4 is 40.3 Å². The van der Waals surface area contributed by atoms with Gasteiger partial charge in [0.15, 0.2) is 5.17 Å². The molecule has 6 nitrogen and oxygen atoms in total. The van der Waals surface area contributed by atoms with Crippen LogP contribution in [0.5, 0.6) is 0 Å². The normalized spacial score (nSPS) is 17.1. The fourth-order valence-electron chi connectivity index (χ4n) is 2.39. The minimum Gasteiger partial charge on any atom is -0.300 e. The third kappa shape index (κ3) is 3.95. The van der Waals surface area contributed by atoms with E-state index in [0.717, 1.165) is 17.7 Å². The number of nitro benzene ring substituents is 1. The van der Waals surface area contributed by atoms with E-state index in [1.807, 2.05) is 31.2 Å². The zero-order valence-corrected chi connectivity index (χ0v) is 14.2. The van der Waals surface area contributed by atoms with Crippen molar-refractivity contribution in [2.75, 3.05) is 0 Å². The van der Waals surface area contributed by atoms with Gasteiger partial charge in [0.2, 0.25) is 0 Å². The molecule has 0 radical (unpaired) electrons. The van der Waals surface area contributed by atoms with Crippen molar-refractivity contribution < 1.29 is 9.72 Å². The molecule has 0 aromatic heterocycles. The molecule has 1 heterocycles. The van der Waals surface area contributed by atoms with Crippen LogP contribution in [0.2, 0.25) is 0 Å². The third-order valence-corrected chi connectivity index (χ3v) is 4.53. The smallest absolute Gasteiger partial charge is 0.270 e. The highest BCUT2D eigenvalue weighted by atomic mass is 32.2. The largest absolute Gasteiger partial charge is 0.300 e. The molecule has 0 spiro atoms. The van der Waals surface area contributed by atoms with Crippen LogP contribution in [0.1, 0.15) is 18.1 Å². The van der Waals surface area contributed by atoms with E-state index in [0.29, 0.717) is 15.6 Å². The number of aryl methyl sites for hydroxylation is 1. The molecule has 1 fully saturated rings. The maximum Gasteiger partial charge on any atom is 0.270 e. The molecule has 1 amide bonds. The van der Waals surface area contributed by atoms with Gasteiger partial charge in [0.25, 0.3) is 11.6 Å². The fourth-order valence-corrected chi connectivity index (χ4v) is 3.22. The molecule has 0 bridgehead atoms. The summed E-state index contributed by atoms with van der Waals surface area (Å²) in [5.41, 5.74) is 2.51. The molecule has 25 heavy (non-hydrogen) atoms. The second-order valence-electron chi connectivity index (χ2n) is 5.32. The Kier molecular flexibility index (Phi) is 4.95. The van der Waals surface area contributed by atoms with E-state index < -0.39 is 4.92 Å². The van der Waals surface area contributed by atoms with Crippen LogP contribution in [0.25, 0.3) is 6.08 Å². The van der Waals surface area contributed by atoms with Gasteiger partial charge < -0.3 is 5.32 Å². The van der Waals surface area contributed by atoms with Crippen molar-refractivity contribution in [3.05, 3.63) is 74.7 Å². The second-order valence-corrected chi connectivity index (χ2v) is 6.35. The van der Waals surface area contributed by atoms with E-state index in [1.165, 1.54) is 23.9 Å². The van der Waals surface area contributed by atoms with Crippen molar-refractivity contribution in [3.63, 3.8) is 0 Å². The van der Waals surface area contributed by atoms with Gasteiger partial charge in [-0.05, 0) is 41.5 Å². The summed E-state index contributed by atoms with van der Waals surface area (Å²) < 4.78 is 0. The number of hydrogen-bond acceptors (Lipinski definition) is 5. The first-order chi connectivity index (χ1) is 12.1. The van der Waals surface area contributed by atoms with Crippen LogP contribution in [0, 0.1) is 10.1 Å². The van der Waals surface area contributed by atoms with Crippen LogP contribution in [0.3, 0.4) is 0 Å². The predicted molar refractivity (Wildman–Crippen MR) is 99.7 cm³/mol. The minimum atomic E-state index is -0.460. The molecule has 2 aromatic rings. The van der Waals surface area contributed by atoms with Crippen LogP contribution in [-0.4, -0.2) is 16.0 Å². The molecule has 0 aliphatic carbocycles. The van der Waals surface area contributed by atoms with Gasteiger partial charge in [-0.25, -0.2) is 4.99 Å². The molecule has 0 unspecified atom stereocenters. The van der Waals surface area contributed by atoms with Gasteiger partial charge in [-0.2, -0.15) is 0 Å². The Morgan fingerprint density at radius 3 is 2.80 bits per heavy atom. The highest BCUT2D eigenvalue weighted by Gasteiger charge is 2.24. The molecule has 1 aliphatic rings. The molecule has 0 atom stereocenters. The molecule has 1 aliphatic heterocycles. The standard InChI is InChI=1S/C18H15N3O3S/c1-2-13-7-3-4-9-15(13)19-18-20-17(22)16(25-18)11-12-6-5-8-14(10-12)21(23)24/h3-11H,2H2,1H3,(H,19,20,22). The van der Waals surface area contributed by atoms with Crippen molar-refractivity contribution in [1.82, 2.24) is 5.32 Å². The molecule has 1 N–H and O–H groups in total. The summed E-state index contributed by atoms with van der Waals surface area (Å²) in [5, 5.41) is 14.1. The first-order valence-corrected chi connectivity index (χ1v) is 8.50. The maximum atomic E-state index is 12.1. The summed E-state index contributed by atoms with van der Waals surface area (Å²) in [7, 11) is 0. The number of aliphatic imine (C=N–C) groups is 1. The average molecular weight is 353 g/mol. The van der Waals surface area contributed by atoms with Crippen LogP contribution in [0.15, 0.2) is 58.4 Å². The lowest BCUT2D eigenvalue weighted by molar-refractivity contribution is -0.384. The number of para-hydroxylation sites is 1. The van der Waals surface area contributed by atoms with E-state index in [9.17, 15) is 14.9 Å². The highest BCUT2D eigenvalue weighted by Crippen LogP contribution is 2.29. The van der Waals surface area contributed by atoms with Crippen molar-refractivity contribution in [2.24, 2.45) is 4.99 Å². The van der Waals surface area contributed by atoms with Gasteiger partial charge >= 0.3 is 0 Å².